The molecule has 1 N–H and O–H groups in total. The van der Waals surface area contributed by atoms with Crippen molar-refractivity contribution in [2.45, 2.75) is 69.0 Å². The van der Waals surface area contributed by atoms with Crippen LogP contribution in [0.2, 0.25) is 5.02 Å². The first-order valence-corrected chi connectivity index (χ1v) is 17.6. The van der Waals surface area contributed by atoms with Gasteiger partial charge in [-0.25, -0.2) is 8.42 Å². The number of sulfonamides is 1. The average molecular weight is 658 g/mol. The molecule has 1 aliphatic rings. The molecular formula is C37H40ClN3O4S. The molecule has 0 saturated heterocycles. The van der Waals surface area contributed by atoms with Gasteiger partial charge in [-0.2, -0.15) is 0 Å². The highest BCUT2D eigenvalue weighted by Crippen LogP contribution is 2.27. The highest BCUT2D eigenvalue weighted by Gasteiger charge is 2.35. The Balaban J connectivity index is 1.56. The highest BCUT2D eigenvalue weighted by atomic mass is 35.5. The summed E-state index contributed by atoms with van der Waals surface area (Å²) in [6.07, 6.45) is 5.31. The van der Waals surface area contributed by atoms with E-state index in [-0.39, 0.29) is 35.5 Å². The van der Waals surface area contributed by atoms with Gasteiger partial charge in [0.2, 0.25) is 11.8 Å². The molecule has 2 amide bonds. The zero-order chi connectivity index (χ0) is 32.5. The van der Waals surface area contributed by atoms with Gasteiger partial charge in [0.05, 0.1) is 10.6 Å². The van der Waals surface area contributed by atoms with Crippen molar-refractivity contribution in [3.8, 4) is 0 Å². The molecule has 0 heterocycles. The zero-order valence-electron chi connectivity index (χ0n) is 26.0. The third-order valence-electron chi connectivity index (χ3n) is 8.36. The Labute approximate surface area is 277 Å². The van der Waals surface area contributed by atoms with E-state index in [4.69, 9.17) is 11.6 Å². The van der Waals surface area contributed by atoms with Gasteiger partial charge in [-0.15, -0.1) is 0 Å². The number of nitrogens with zero attached hydrogens (tertiary/aromatic N) is 2. The van der Waals surface area contributed by atoms with Gasteiger partial charge in [-0.05, 0) is 61.2 Å². The second-order valence-corrected chi connectivity index (χ2v) is 14.2. The van der Waals surface area contributed by atoms with Gasteiger partial charge in [0.15, 0.2) is 0 Å². The number of carbonyl (C=O) groups excluding carboxylic acids is 2. The topological polar surface area (TPSA) is 86.8 Å². The van der Waals surface area contributed by atoms with Crippen LogP contribution in [0.3, 0.4) is 0 Å². The second kappa shape index (κ2) is 15.4. The maximum absolute atomic E-state index is 14.6. The van der Waals surface area contributed by atoms with E-state index < -0.39 is 28.5 Å². The summed E-state index contributed by atoms with van der Waals surface area (Å²) in [5, 5.41) is 3.57. The predicted molar refractivity (Wildman–Crippen MR) is 183 cm³/mol. The number of amides is 2. The van der Waals surface area contributed by atoms with E-state index in [0.29, 0.717) is 5.02 Å². The maximum Gasteiger partial charge on any atom is 0.264 e. The molecule has 1 atom stereocenters. The number of carbonyl (C=O) groups is 2. The maximum atomic E-state index is 14.6. The molecule has 240 valence electrons. The van der Waals surface area contributed by atoms with Crippen LogP contribution in [0.15, 0.2) is 114 Å². The molecule has 0 spiro atoms. The first-order chi connectivity index (χ1) is 22.2. The Hall–Kier alpha value is -4.14. The summed E-state index contributed by atoms with van der Waals surface area (Å²) in [4.78, 5) is 30.4. The van der Waals surface area contributed by atoms with Crippen molar-refractivity contribution in [3.63, 3.8) is 0 Å². The number of nitrogens with one attached hydrogen (secondary N) is 1. The number of halogens is 1. The van der Waals surface area contributed by atoms with Crippen LogP contribution in [-0.2, 0) is 32.6 Å². The normalized spacial score (nSPS) is 14.3. The largest absolute Gasteiger partial charge is 0.352 e. The minimum atomic E-state index is -4.18. The minimum Gasteiger partial charge on any atom is -0.352 e. The van der Waals surface area contributed by atoms with Crippen molar-refractivity contribution in [2.75, 3.05) is 10.8 Å². The van der Waals surface area contributed by atoms with Gasteiger partial charge in [0, 0.05) is 24.0 Å². The molecule has 1 unspecified atom stereocenters. The van der Waals surface area contributed by atoms with Gasteiger partial charge in [0.1, 0.15) is 12.6 Å². The summed E-state index contributed by atoms with van der Waals surface area (Å²) in [6.45, 7) is 1.58. The quantitative estimate of drug-likeness (QED) is 0.179. The van der Waals surface area contributed by atoms with E-state index in [1.807, 2.05) is 61.5 Å². The first kappa shape index (κ1) is 33.2. The van der Waals surface area contributed by atoms with Crippen molar-refractivity contribution in [3.05, 3.63) is 131 Å². The van der Waals surface area contributed by atoms with Crippen molar-refractivity contribution < 1.29 is 18.0 Å². The van der Waals surface area contributed by atoms with Crippen LogP contribution in [0.25, 0.3) is 0 Å². The average Bonchev–Trinajstić information content (AvgIpc) is 3.06. The van der Waals surface area contributed by atoms with Gasteiger partial charge in [-0.3, -0.25) is 13.9 Å². The third-order valence-corrected chi connectivity index (χ3v) is 10.4. The van der Waals surface area contributed by atoms with Gasteiger partial charge in [-0.1, -0.05) is 115 Å². The number of anilines is 1. The van der Waals surface area contributed by atoms with E-state index in [1.54, 1.807) is 36.4 Å². The summed E-state index contributed by atoms with van der Waals surface area (Å²) in [6, 6.07) is 31.0. The number of hydrogen-bond donors (Lipinski definition) is 1. The van der Waals surface area contributed by atoms with E-state index in [1.165, 1.54) is 23.1 Å². The summed E-state index contributed by atoms with van der Waals surface area (Å²) in [5.74, 6) is -0.738. The van der Waals surface area contributed by atoms with Crippen LogP contribution in [0.5, 0.6) is 0 Å². The Morgan fingerprint density at radius 3 is 2.15 bits per heavy atom. The van der Waals surface area contributed by atoms with Gasteiger partial charge < -0.3 is 10.2 Å². The summed E-state index contributed by atoms with van der Waals surface area (Å²) >= 11 is 6.31. The molecule has 1 aliphatic carbocycles. The standard InChI is InChI=1S/C37H40ClN3O4S/c1-28-13-11-16-30(23-28)26-40(35(24-29-14-5-2-6-15-29)37(43)39-32-18-7-3-8-19-32)36(42)27-41(33-20-12-17-31(38)25-33)46(44,45)34-21-9-4-10-22-34/h2,4-6,9-17,20-23,25,32,35H,3,7-8,18-19,24,26-27H2,1H3,(H,39,43). The van der Waals surface area contributed by atoms with Crippen LogP contribution in [-0.4, -0.2) is 43.8 Å². The Bertz CT molecular complexity index is 1730. The molecule has 0 aliphatic heterocycles. The molecule has 7 nitrogen and oxygen atoms in total. The lowest BCUT2D eigenvalue weighted by Gasteiger charge is -2.35. The van der Waals surface area contributed by atoms with Crippen LogP contribution < -0.4 is 9.62 Å². The van der Waals surface area contributed by atoms with Gasteiger partial charge >= 0.3 is 0 Å². The summed E-state index contributed by atoms with van der Waals surface area (Å²) in [7, 11) is -4.18. The fraction of sp³-hybridized carbons (Fsp3) is 0.297. The molecular weight excluding hydrogens is 618 g/mol. The SMILES string of the molecule is Cc1cccc(CN(C(=O)CN(c2cccc(Cl)c2)S(=O)(=O)c2ccccc2)C(Cc2ccccc2)C(=O)NC2CCCCC2)c1. The summed E-state index contributed by atoms with van der Waals surface area (Å²) in [5.41, 5.74) is 3.02. The number of rotatable bonds is 12. The van der Waals surface area contributed by atoms with E-state index in [2.05, 4.69) is 5.32 Å². The predicted octanol–water partition coefficient (Wildman–Crippen LogP) is 6.93. The minimum absolute atomic E-state index is 0.0388. The molecule has 4 aromatic rings. The summed E-state index contributed by atoms with van der Waals surface area (Å²) < 4.78 is 29.3. The molecule has 0 radical (unpaired) electrons. The van der Waals surface area contributed by atoms with Crippen molar-refractivity contribution in [1.82, 2.24) is 10.2 Å². The molecule has 5 rings (SSSR count). The number of aryl methyl sites for hydroxylation is 1. The van der Waals surface area contributed by atoms with E-state index in [9.17, 15) is 18.0 Å². The molecule has 0 bridgehead atoms. The lowest BCUT2D eigenvalue weighted by atomic mass is 9.94. The Morgan fingerprint density at radius 2 is 1.48 bits per heavy atom. The lowest BCUT2D eigenvalue weighted by Crippen LogP contribution is -2.55. The van der Waals surface area contributed by atoms with E-state index in [0.717, 1.165) is 53.1 Å². The monoisotopic (exact) mass is 657 g/mol. The van der Waals surface area contributed by atoms with Crippen LogP contribution >= 0.6 is 11.6 Å². The van der Waals surface area contributed by atoms with Crippen LogP contribution in [0, 0.1) is 6.92 Å². The Kier molecular flexibility index (Phi) is 11.1. The zero-order valence-corrected chi connectivity index (χ0v) is 27.6. The third kappa shape index (κ3) is 8.56. The number of benzene rings is 4. The van der Waals surface area contributed by atoms with Crippen LogP contribution in [0.1, 0.15) is 48.8 Å². The smallest absolute Gasteiger partial charge is 0.264 e. The molecule has 9 heteroatoms. The molecule has 46 heavy (non-hydrogen) atoms. The van der Waals surface area contributed by atoms with Crippen molar-refractivity contribution in [1.29, 1.82) is 0 Å². The lowest BCUT2D eigenvalue weighted by molar-refractivity contribution is -0.140. The van der Waals surface area contributed by atoms with Crippen molar-refractivity contribution in [2.24, 2.45) is 0 Å². The fourth-order valence-corrected chi connectivity index (χ4v) is 7.60. The highest BCUT2D eigenvalue weighted by molar-refractivity contribution is 7.92. The van der Waals surface area contributed by atoms with Gasteiger partial charge in [0.25, 0.3) is 10.0 Å². The first-order valence-electron chi connectivity index (χ1n) is 15.7. The number of hydrogen-bond acceptors (Lipinski definition) is 4. The molecule has 1 fully saturated rings. The van der Waals surface area contributed by atoms with Crippen molar-refractivity contribution >= 4 is 39.1 Å². The fourth-order valence-electron chi connectivity index (χ4n) is 5.99. The second-order valence-electron chi connectivity index (χ2n) is 11.9. The molecule has 0 aromatic heterocycles. The molecule has 1 saturated carbocycles. The van der Waals surface area contributed by atoms with E-state index >= 15 is 0 Å². The van der Waals surface area contributed by atoms with Crippen LogP contribution in [0.4, 0.5) is 5.69 Å². The molecule has 4 aromatic carbocycles. The Morgan fingerprint density at radius 1 is 0.826 bits per heavy atom.